The van der Waals surface area contributed by atoms with Crippen molar-refractivity contribution in [2.24, 2.45) is 0 Å². The molecule has 0 aliphatic rings. The van der Waals surface area contributed by atoms with Crippen molar-refractivity contribution in [3.05, 3.63) is 66.4 Å². The zero-order valence-electron chi connectivity index (χ0n) is 14.3. The molecule has 0 saturated heterocycles. The van der Waals surface area contributed by atoms with E-state index in [-0.39, 0.29) is 0 Å². The van der Waals surface area contributed by atoms with Gasteiger partial charge in [-0.25, -0.2) is 9.97 Å². The number of H-pyrrole nitrogens is 2. The van der Waals surface area contributed by atoms with Crippen molar-refractivity contribution in [3.8, 4) is 22.6 Å². The SMILES string of the molecule is CCc1cccc(-c2cnc3n[nH]c(-c4nc5ccccc5[nH]4)c3c2)c1. The maximum absolute atomic E-state index is 4.68. The van der Waals surface area contributed by atoms with Crippen LogP contribution in [-0.4, -0.2) is 25.1 Å². The third-order valence-corrected chi connectivity index (χ3v) is 4.70. The molecule has 5 rings (SSSR count). The molecule has 2 aromatic carbocycles. The number of aryl methyl sites for hydroxylation is 1. The summed E-state index contributed by atoms with van der Waals surface area (Å²) >= 11 is 0. The van der Waals surface area contributed by atoms with Crippen molar-refractivity contribution in [3.63, 3.8) is 0 Å². The van der Waals surface area contributed by atoms with Gasteiger partial charge in [0.1, 0.15) is 5.69 Å². The second-order valence-electron chi connectivity index (χ2n) is 6.35. The van der Waals surface area contributed by atoms with Crippen LogP contribution in [0.3, 0.4) is 0 Å². The number of hydrogen-bond donors (Lipinski definition) is 2. The molecule has 0 saturated carbocycles. The molecule has 3 heterocycles. The number of benzene rings is 2. The Morgan fingerprint density at radius 1 is 0.962 bits per heavy atom. The summed E-state index contributed by atoms with van der Waals surface area (Å²) in [6.07, 6.45) is 2.89. The summed E-state index contributed by atoms with van der Waals surface area (Å²) in [6.45, 7) is 2.16. The van der Waals surface area contributed by atoms with Crippen LogP contribution in [0.25, 0.3) is 44.7 Å². The highest BCUT2D eigenvalue weighted by Gasteiger charge is 2.14. The molecule has 126 valence electrons. The van der Waals surface area contributed by atoms with Gasteiger partial charge >= 0.3 is 0 Å². The topological polar surface area (TPSA) is 70.2 Å². The van der Waals surface area contributed by atoms with Gasteiger partial charge in [0.2, 0.25) is 0 Å². The van der Waals surface area contributed by atoms with E-state index in [0.717, 1.165) is 45.5 Å². The van der Waals surface area contributed by atoms with Gasteiger partial charge < -0.3 is 4.98 Å². The maximum atomic E-state index is 4.68. The van der Waals surface area contributed by atoms with Gasteiger partial charge in [-0.15, -0.1) is 0 Å². The molecular formula is C21H17N5. The Morgan fingerprint density at radius 3 is 2.77 bits per heavy atom. The fourth-order valence-corrected chi connectivity index (χ4v) is 3.28. The third kappa shape index (κ3) is 2.37. The summed E-state index contributed by atoms with van der Waals surface area (Å²) in [5, 5.41) is 8.39. The van der Waals surface area contributed by atoms with Gasteiger partial charge in [0.15, 0.2) is 11.5 Å². The van der Waals surface area contributed by atoms with E-state index in [1.165, 1.54) is 5.56 Å². The van der Waals surface area contributed by atoms with Gasteiger partial charge in [0.05, 0.1) is 16.4 Å². The number of pyridine rings is 1. The molecule has 5 heteroatoms. The highest BCUT2D eigenvalue weighted by atomic mass is 15.2. The molecule has 5 nitrogen and oxygen atoms in total. The van der Waals surface area contributed by atoms with E-state index in [9.17, 15) is 0 Å². The Balaban J connectivity index is 1.67. The number of imidazole rings is 1. The van der Waals surface area contributed by atoms with Crippen LogP contribution in [0.5, 0.6) is 0 Å². The van der Waals surface area contributed by atoms with E-state index >= 15 is 0 Å². The second kappa shape index (κ2) is 5.81. The second-order valence-corrected chi connectivity index (χ2v) is 6.35. The van der Waals surface area contributed by atoms with Crippen LogP contribution in [0.4, 0.5) is 0 Å². The first kappa shape index (κ1) is 14.8. The molecular weight excluding hydrogens is 322 g/mol. The number of nitrogens with one attached hydrogen (secondary N) is 2. The smallest absolute Gasteiger partial charge is 0.181 e. The highest BCUT2D eigenvalue weighted by Crippen LogP contribution is 2.29. The Bertz CT molecular complexity index is 1200. The summed E-state index contributed by atoms with van der Waals surface area (Å²) in [7, 11) is 0. The van der Waals surface area contributed by atoms with Gasteiger partial charge in [0.25, 0.3) is 0 Å². The summed E-state index contributed by atoms with van der Waals surface area (Å²) in [6, 6.07) is 18.7. The van der Waals surface area contributed by atoms with Crippen LogP contribution in [0.15, 0.2) is 60.8 Å². The van der Waals surface area contributed by atoms with Crippen LogP contribution < -0.4 is 0 Å². The molecule has 5 aromatic rings. The van der Waals surface area contributed by atoms with Gasteiger partial charge in [0, 0.05) is 11.8 Å². The molecule has 26 heavy (non-hydrogen) atoms. The van der Waals surface area contributed by atoms with Crippen molar-refractivity contribution in [1.82, 2.24) is 25.1 Å². The molecule has 0 atom stereocenters. The molecule has 0 aliphatic heterocycles. The third-order valence-electron chi connectivity index (χ3n) is 4.70. The molecule has 0 bridgehead atoms. The number of aromatic amines is 2. The largest absolute Gasteiger partial charge is 0.337 e. The maximum Gasteiger partial charge on any atom is 0.181 e. The normalized spacial score (nSPS) is 11.4. The average Bonchev–Trinajstić information content (AvgIpc) is 3.31. The van der Waals surface area contributed by atoms with E-state index in [0.29, 0.717) is 5.65 Å². The van der Waals surface area contributed by atoms with E-state index in [1.54, 1.807) is 0 Å². The van der Waals surface area contributed by atoms with Crippen molar-refractivity contribution in [2.45, 2.75) is 13.3 Å². The van der Waals surface area contributed by atoms with E-state index in [2.05, 4.69) is 62.4 Å². The van der Waals surface area contributed by atoms with Crippen molar-refractivity contribution in [1.29, 1.82) is 0 Å². The molecule has 0 spiro atoms. The lowest BCUT2D eigenvalue weighted by Gasteiger charge is -2.04. The lowest BCUT2D eigenvalue weighted by atomic mass is 10.0. The summed E-state index contributed by atoms with van der Waals surface area (Å²) < 4.78 is 0. The minimum atomic E-state index is 0.691. The van der Waals surface area contributed by atoms with Crippen LogP contribution in [0.1, 0.15) is 12.5 Å². The molecule has 0 fully saturated rings. The Labute approximate surface area is 150 Å². The van der Waals surface area contributed by atoms with Crippen LogP contribution in [0.2, 0.25) is 0 Å². The van der Waals surface area contributed by atoms with Crippen molar-refractivity contribution >= 4 is 22.1 Å². The lowest BCUT2D eigenvalue weighted by molar-refractivity contribution is 1.09. The molecule has 0 unspecified atom stereocenters. The number of aromatic nitrogens is 5. The molecule has 0 aliphatic carbocycles. The number of hydrogen-bond acceptors (Lipinski definition) is 3. The standard InChI is InChI=1S/C21H17N5/c1-2-13-6-5-7-14(10-13)15-11-16-19(25-26-20(16)22-12-15)21-23-17-8-3-4-9-18(17)24-21/h3-12H,2H2,1H3,(H,23,24)(H,22,25,26). The average molecular weight is 339 g/mol. The van der Waals surface area contributed by atoms with E-state index in [4.69, 9.17) is 0 Å². The minimum Gasteiger partial charge on any atom is -0.337 e. The minimum absolute atomic E-state index is 0.691. The first-order valence-electron chi connectivity index (χ1n) is 8.70. The Kier molecular flexibility index (Phi) is 3.31. The van der Waals surface area contributed by atoms with Gasteiger partial charge in [-0.05, 0) is 35.7 Å². The monoisotopic (exact) mass is 339 g/mol. The summed E-state index contributed by atoms with van der Waals surface area (Å²) in [4.78, 5) is 12.6. The zero-order valence-corrected chi connectivity index (χ0v) is 14.3. The van der Waals surface area contributed by atoms with Gasteiger partial charge in [-0.2, -0.15) is 5.10 Å². The first-order valence-corrected chi connectivity index (χ1v) is 8.70. The van der Waals surface area contributed by atoms with Gasteiger partial charge in [-0.3, -0.25) is 5.10 Å². The molecule has 3 aromatic heterocycles. The fourth-order valence-electron chi connectivity index (χ4n) is 3.28. The van der Waals surface area contributed by atoms with E-state index < -0.39 is 0 Å². The fraction of sp³-hybridized carbons (Fsp3) is 0.0952. The highest BCUT2D eigenvalue weighted by molar-refractivity contribution is 5.93. The van der Waals surface area contributed by atoms with Crippen LogP contribution in [-0.2, 0) is 6.42 Å². The lowest BCUT2D eigenvalue weighted by Crippen LogP contribution is -1.86. The number of fused-ring (bicyclic) bond motifs is 2. The molecule has 0 radical (unpaired) electrons. The number of rotatable bonds is 3. The summed E-state index contributed by atoms with van der Waals surface area (Å²) in [5.74, 6) is 0.773. The van der Waals surface area contributed by atoms with Crippen LogP contribution in [0, 0.1) is 0 Å². The quantitative estimate of drug-likeness (QED) is 0.499. The molecule has 0 amide bonds. The van der Waals surface area contributed by atoms with Crippen LogP contribution >= 0.6 is 0 Å². The predicted molar refractivity (Wildman–Crippen MR) is 104 cm³/mol. The first-order chi connectivity index (χ1) is 12.8. The zero-order chi connectivity index (χ0) is 17.5. The molecule has 2 N–H and O–H groups in total. The van der Waals surface area contributed by atoms with Gasteiger partial charge in [-0.1, -0.05) is 43.3 Å². The van der Waals surface area contributed by atoms with Crippen molar-refractivity contribution < 1.29 is 0 Å². The Morgan fingerprint density at radius 2 is 1.88 bits per heavy atom. The summed E-state index contributed by atoms with van der Waals surface area (Å²) in [5.41, 5.74) is 7.04. The number of nitrogens with zero attached hydrogens (tertiary/aromatic N) is 3. The Hall–Kier alpha value is -3.47. The predicted octanol–water partition coefficient (Wildman–Crippen LogP) is 4.73. The number of para-hydroxylation sites is 2. The van der Waals surface area contributed by atoms with E-state index in [1.807, 2.05) is 30.5 Å². The van der Waals surface area contributed by atoms with Crippen molar-refractivity contribution in [2.75, 3.05) is 0 Å².